The first kappa shape index (κ1) is 14.1. The zero-order valence-electron chi connectivity index (χ0n) is 10.3. The number of benzene rings is 2. The first-order chi connectivity index (χ1) is 9.06. The topological polar surface area (TPSA) is 17.1 Å². The fourth-order valence-electron chi connectivity index (χ4n) is 1.60. The number of carbonyl (C=O) groups excluding carboxylic acids is 1. The molecule has 2 aromatic carbocycles. The summed E-state index contributed by atoms with van der Waals surface area (Å²) < 4.78 is 13.6. The summed E-state index contributed by atoms with van der Waals surface area (Å²) in [6.07, 6.45) is 0. The van der Waals surface area contributed by atoms with Gasteiger partial charge in [-0.1, -0.05) is 29.8 Å². The van der Waals surface area contributed by atoms with E-state index >= 15 is 0 Å². The molecule has 0 heterocycles. The van der Waals surface area contributed by atoms with Crippen LogP contribution >= 0.6 is 23.4 Å². The highest BCUT2D eigenvalue weighted by molar-refractivity contribution is 7.98. The number of hydrogen-bond acceptors (Lipinski definition) is 2. The van der Waals surface area contributed by atoms with Crippen molar-refractivity contribution in [3.05, 3.63) is 64.4 Å². The Morgan fingerprint density at radius 2 is 2.05 bits per heavy atom. The highest BCUT2D eigenvalue weighted by Crippen LogP contribution is 2.26. The summed E-state index contributed by atoms with van der Waals surface area (Å²) in [7, 11) is 0. The predicted molar refractivity (Wildman–Crippen MR) is 77.4 cm³/mol. The smallest absolute Gasteiger partial charge is 0.159 e. The van der Waals surface area contributed by atoms with Gasteiger partial charge in [0, 0.05) is 21.2 Å². The summed E-state index contributed by atoms with van der Waals surface area (Å²) in [6, 6.07) is 12.0. The molecule has 0 aliphatic rings. The van der Waals surface area contributed by atoms with Gasteiger partial charge in [-0.15, -0.1) is 11.8 Å². The maximum atomic E-state index is 13.6. The molecule has 0 saturated heterocycles. The van der Waals surface area contributed by atoms with Crippen LogP contribution in [-0.2, 0) is 5.75 Å². The zero-order chi connectivity index (χ0) is 13.8. The van der Waals surface area contributed by atoms with Gasteiger partial charge in [0.2, 0.25) is 0 Å². The molecule has 0 amide bonds. The van der Waals surface area contributed by atoms with Gasteiger partial charge >= 0.3 is 0 Å². The lowest BCUT2D eigenvalue weighted by atomic mass is 10.2. The molecule has 98 valence electrons. The third kappa shape index (κ3) is 3.82. The van der Waals surface area contributed by atoms with Crippen LogP contribution in [0.3, 0.4) is 0 Å². The summed E-state index contributed by atoms with van der Waals surface area (Å²) >= 11 is 7.20. The number of rotatable bonds is 4. The number of Topliss-reactive ketones (excluding diaryl/α,β-unsaturated/α-hetero) is 1. The van der Waals surface area contributed by atoms with Gasteiger partial charge in [-0.25, -0.2) is 4.39 Å². The minimum Gasteiger partial charge on any atom is -0.295 e. The lowest BCUT2D eigenvalue weighted by molar-refractivity contribution is 0.101. The summed E-state index contributed by atoms with van der Waals surface area (Å²) in [5.41, 5.74) is 1.27. The monoisotopic (exact) mass is 294 g/mol. The lowest BCUT2D eigenvalue weighted by Crippen LogP contribution is -1.92. The number of hydrogen-bond donors (Lipinski definition) is 0. The predicted octanol–water partition coefficient (Wildman–Crippen LogP) is 4.97. The number of ketones is 1. The van der Waals surface area contributed by atoms with Crippen LogP contribution in [0.1, 0.15) is 22.8 Å². The van der Waals surface area contributed by atoms with Crippen molar-refractivity contribution < 1.29 is 9.18 Å². The molecular formula is C15H12ClFOS. The largest absolute Gasteiger partial charge is 0.295 e. The molecular weight excluding hydrogens is 283 g/mol. The normalized spacial score (nSPS) is 10.5. The van der Waals surface area contributed by atoms with Crippen molar-refractivity contribution in [2.45, 2.75) is 17.6 Å². The fourth-order valence-corrected chi connectivity index (χ4v) is 2.70. The summed E-state index contributed by atoms with van der Waals surface area (Å²) in [5, 5.41) is 0.393. The Morgan fingerprint density at radius 1 is 1.26 bits per heavy atom. The van der Waals surface area contributed by atoms with Gasteiger partial charge in [0.1, 0.15) is 5.82 Å². The van der Waals surface area contributed by atoms with Crippen LogP contribution in [0.4, 0.5) is 4.39 Å². The van der Waals surface area contributed by atoms with E-state index in [0.29, 0.717) is 21.9 Å². The lowest BCUT2D eigenvalue weighted by Gasteiger charge is -2.05. The van der Waals surface area contributed by atoms with E-state index in [0.717, 1.165) is 4.90 Å². The highest BCUT2D eigenvalue weighted by Gasteiger charge is 2.05. The SMILES string of the molecule is CC(=O)c1cccc(SCc2ccc(Cl)cc2F)c1. The van der Waals surface area contributed by atoms with Crippen LogP contribution in [0.15, 0.2) is 47.4 Å². The fraction of sp³-hybridized carbons (Fsp3) is 0.133. The molecule has 0 fully saturated rings. The van der Waals surface area contributed by atoms with Crippen LogP contribution in [0, 0.1) is 5.82 Å². The standard InChI is InChI=1S/C15H12ClFOS/c1-10(18)11-3-2-4-14(7-11)19-9-12-5-6-13(16)8-15(12)17/h2-8H,9H2,1H3. The van der Waals surface area contributed by atoms with Gasteiger partial charge < -0.3 is 0 Å². The van der Waals surface area contributed by atoms with Crippen LogP contribution < -0.4 is 0 Å². The van der Waals surface area contributed by atoms with Gasteiger partial charge in [0.05, 0.1) is 0 Å². The quantitative estimate of drug-likeness (QED) is 0.585. The van der Waals surface area contributed by atoms with Gasteiger partial charge in [-0.3, -0.25) is 4.79 Å². The van der Waals surface area contributed by atoms with Gasteiger partial charge in [0.25, 0.3) is 0 Å². The second-order valence-corrected chi connectivity index (χ2v) is 5.59. The molecule has 0 unspecified atom stereocenters. The molecule has 0 N–H and O–H groups in total. The number of thioether (sulfide) groups is 1. The van der Waals surface area contributed by atoms with E-state index in [4.69, 9.17) is 11.6 Å². The van der Waals surface area contributed by atoms with Crippen molar-refractivity contribution in [3.63, 3.8) is 0 Å². The molecule has 19 heavy (non-hydrogen) atoms. The van der Waals surface area contributed by atoms with E-state index in [1.807, 2.05) is 18.2 Å². The third-order valence-corrected chi connectivity index (χ3v) is 3.93. The zero-order valence-corrected chi connectivity index (χ0v) is 11.9. The van der Waals surface area contributed by atoms with Crippen molar-refractivity contribution in [1.82, 2.24) is 0 Å². The average Bonchev–Trinajstić information content (AvgIpc) is 2.38. The van der Waals surface area contributed by atoms with E-state index in [2.05, 4.69) is 0 Å². The molecule has 0 atom stereocenters. The van der Waals surface area contributed by atoms with E-state index in [1.54, 1.807) is 18.2 Å². The van der Waals surface area contributed by atoms with Crippen LogP contribution in [0.2, 0.25) is 5.02 Å². The van der Waals surface area contributed by atoms with Crippen LogP contribution in [-0.4, -0.2) is 5.78 Å². The van der Waals surface area contributed by atoms with E-state index in [1.165, 1.54) is 24.8 Å². The van der Waals surface area contributed by atoms with Crippen LogP contribution in [0.25, 0.3) is 0 Å². The molecule has 0 bridgehead atoms. The minimum atomic E-state index is -0.303. The first-order valence-corrected chi connectivity index (χ1v) is 7.10. The van der Waals surface area contributed by atoms with E-state index in [9.17, 15) is 9.18 Å². The molecule has 1 nitrogen and oxygen atoms in total. The Balaban J connectivity index is 2.10. The van der Waals surface area contributed by atoms with Crippen LogP contribution in [0.5, 0.6) is 0 Å². The molecule has 2 aromatic rings. The number of carbonyl (C=O) groups is 1. The molecule has 0 aliphatic carbocycles. The molecule has 0 aliphatic heterocycles. The first-order valence-electron chi connectivity index (χ1n) is 5.74. The second kappa shape index (κ2) is 6.22. The molecule has 0 saturated carbocycles. The van der Waals surface area contributed by atoms with Crippen molar-refractivity contribution in [2.24, 2.45) is 0 Å². The van der Waals surface area contributed by atoms with E-state index in [-0.39, 0.29) is 11.6 Å². The highest BCUT2D eigenvalue weighted by atomic mass is 35.5. The van der Waals surface area contributed by atoms with Gasteiger partial charge in [-0.2, -0.15) is 0 Å². The van der Waals surface area contributed by atoms with Gasteiger partial charge in [-0.05, 0) is 36.8 Å². The summed E-state index contributed by atoms with van der Waals surface area (Å²) in [5.74, 6) is 0.229. The van der Waals surface area contributed by atoms with Crippen molar-refractivity contribution >= 4 is 29.1 Å². The van der Waals surface area contributed by atoms with Gasteiger partial charge in [0.15, 0.2) is 5.78 Å². The molecule has 0 spiro atoms. The molecule has 0 aromatic heterocycles. The second-order valence-electron chi connectivity index (χ2n) is 4.11. The van der Waals surface area contributed by atoms with E-state index < -0.39 is 0 Å². The minimum absolute atomic E-state index is 0.0279. The third-order valence-electron chi connectivity index (χ3n) is 2.65. The molecule has 4 heteroatoms. The average molecular weight is 295 g/mol. The summed E-state index contributed by atoms with van der Waals surface area (Å²) in [6.45, 7) is 1.53. The Bertz CT molecular complexity index is 613. The van der Waals surface area contributed by atoms with Crippen molar-refractivity contribution in [3.8, 4) is 0 Å². The Kier molecular flexibility index (Phi) is 4.61. The maximum absolute atomic E-state index is 13.6. The van der Waals surface area contributed by atoms with Crippen molar-refractivity contribution in [1.29, 1.82) is 0 Å². The summed E-state index contributed by atoms with van der Waals surface area (Å²) in [4.78, 5) is 12.2. The van der Waals surface area contributed by atoms with Crippen molar-refractivity contribution in [2.75, 3.05) is 0 Å². The Morgan fingerprint density at radius 3 is 2.74 bits per heavy atom. The molecule has 2 rings (SSSR count). The Hall–Kier alpha value is -1.32. The molecule has 0 radical (unpaired) electrons. The maximum Gasteiger partial charge on any atom is 0.159 e. The Labute approximate surface area is 120 Å². The number of halogens is 2.